The number of allylic oxidation sites excluding steroid dienone is 14. The molecule has 0 rings (SSSR count). The van der Waals surface area contributed by atoms with Crippen LogP contribution >= 0.6 is 7.82 Å². The summed E-state index contributed by atoms with van der Waals surface area (Å²) in [4.78, 5) is 34.8. The molecule has 0 heterocycles. The summed E-state index contributed by atoms with van der Waals surface area (Å²) in [6.07, 6.45) is 53.4. The van der Waals surface area contributed by atoms with Crippen molar-refractivity contribution in [1.29, 1.82) is 0 Å². The molecule has 0 fully saturated rings. The summed E-state index contributed by atoms with van der Waals surface area (Å²) in [5, 5.41) is 0. The molecule has 9 nitrogen and oxygen atoms in total. The van der Waals surface area contributed by atoms with Crippen LogP contribution in [0.1, 0.15) is 168 Å². The highest BCUT2D eigenvalue weighted by molar-refractivity contribution is 7.47. The number of phosphoric ester groups is 1. The van der Waals surface area contributed by atoms with E-state index in [1.165, 1.54) is 70.6 Å². The quantitative estimate of drug-likeness (QED) is 0.0268. The van der Waals surface area contributed by atoms with Gasteiger partial charge in [-0.15, -0.1) is 0 Å². The number of hydrogen-bond acceptors (Lipinski definition) is 8. The molecule has 0 bridgehead atoms. The Morgan fingerprint density at radius 1 is 0.526 bits per heavy atom. The summed E-state index contributed by atoms with van der Waals surface area (Å²) in [6, 6.07) is 0. The third-order valence-electron chi connectivity index (χ3n) is 8.75. The summed E-state index contributed by atoms with van der Waals surface area (Å²) >= 11 is 0. The molecule has 0 aromatic heterocycles. The first-order valence-electron chi connectivity index (χ1n) is 22.1. The van der Waals surface area contributed by atoms with Crippen LogP contribution < -0.4 is 5.73 Å². The molecule has 0 spiro atoms. The zero-order chi connectivity index (χ0) is 41.8. The molecule has 0 aliphatic rings. The summed E-state index contributed by atoms with van der Waals surface area (Å²) in [6.45, 7) is 3.57. The molecule has 326 valence electrons. The van der Waals surface area contributed by atoms with E-state index in [0.29, 0.717) is 12.8 Å². The molecule has 0 saturated carbocycles. The number of carbonyl (C=O) groups excluding carboxylic acids is 2. The van der Waals surface area contributed by atoms with Crippen molar-refractivity contribution >= 4 is 19.8 Å². The fraction of sp³-hybridized carbons (Fsp3) is 0.660. The van der Waals surface area contributed by atoms with Gasteiger partial charge in [0.1, 0.15) is 6.61 Å². The van der Waals surface area contributed by atoms with Crippen LogP contribution in [0.15, 0.2) is 85.1 Å². The lowest BCUT2D eigenvalue weighted by Crippen LogP contribution is -2.29. The van der Waals surface area contributed by atoms with Crippen LogP contribution in [0.5, 0.6) is 0 Å². The van der Waals surface area contributed by atoms with E-state index in [1.807, 2.05) is 6.08 Å². The second kappa shape index (κ2) is 42.8. The molecular formula is C47H80NO8P. The normalized spacial score (nSPS) is 14.1. The molecule has 0 radical (unpaired) electrons. The smallest absolute Gasteiger partial charge is 0.462 e. The van der Waals surface area contributed by atoms with Crippen LogP contribution in [0, 0.1) is 0 Å². The Morgan fingerprint density at radius 2 is 0.930 bits per heavy atom. The summed E-state index contributed by atoms with van der Waals surface area (Å²) < 4.78 is 32.7. The van der Waals surface area contributed by atoms with Gasteiger partial charge < -0.3 is 20.1 Å². The number of esters is 2. The average molecular weight is 818 g/mol. The monoisotopic (exact) mass is 818 g/mol. The van der Waals surface area contributed by atoms with E-state index < -0.39 is 32.5 Å². The van der Waals surface area contributed by atoms with Crippen LogP contribution in [0.2, 0.25) is 0 Å². The van der Waals surface area contributed by atoms with E-state index in [1.54, 1.807) is 0 Å². The maximum atomic E-state index is 12.6. The molecule has 0 saturated heterocycles. The topological polar surface area (TPSA) is 134 Å². The molecular weight excluding hydrogens is 737 g/mol. The largest absolute Gasteiger partial charge is 0.472 e. The van der Waals surface area contributed by atoms with Gasteiger partial charge >= 0.3 is 19.8 Å². The first kappa shape index (κ1) is 54.2. The van der Waals surface area contributed by atoms with Gasteiger partial charge in [-0.2, -0.15) is 0 Å². The number of hydrogen-bond donors (Lipinski definition) is 2. The molecule has 0 aromatic rings. The molecule has 3 N–H and O–H groups in total. The molecule has 1 unspecified atom stereocenters. The highest BCUT2D eigenvalue weighted by atomic mass is 31.2. The van der Waals surface area contributed by atoms with Gasteiger partial charge in [0.25, 0.3) is 0 Å². The SMILES string of the molecule is CCCCC/C=C/C/C=C/C/C=C/CCCCC(=O)O[C@@H](COC(=O)CCC/C=C/C/C=C/C/C=C/C/C=C/CCCCCCCCC)COP(=O)(O)OCCN. The maximum Gasteiger partial charge on any atom is 0.472 e. The number of rotatable bonds is 40. The van der Waals surface area contributed by atoms with E-state index in [4.69, 9.17) is 24.3 Å². The third-order valence-corrected chi connectivity index (χ3v) is 9.74. The minimum Gasteiger partial charge on any atom is -0.462 e. The van der Waals surface area contributed by atoms with Gasteiger partial charge in [-0.25, -0.2) is 4.57 Å². The minimum absolute atomic E-state index is 0.0356. The third kappa shape index (κ3) is 42.6. The first-order valence-corrected chi connectivity index (χ1v) is 23.6. The molecule has 10 heteroatoms. The van der Waals surface area contributed by atoms with Gasteiger partial charge in [0.2, 0.25) is 0 Å². The van der Waals surface area contributed by atoms with E-state index >= 15 is 0 Å². The fourth-order valence-corrected chi connectivity index (χ4v) is 6.22. The zero-order valence-corrected chi connectivity index (χ0v) is 36.7. The predicted octanol–water partition coefficient (Wildman–Crippen LogP) is 12.8. The van der Waals surface area contributed by atoms with E-state index in [9.17, 15) is 19.0 Å². The van der Waals surface area contributed by atoms with Crippen LogP contribution in [0.4, 0.5) is 0 Å². The molecule has 0 amide bonds. The number of nitrogens with two attached hydrogens (primary N) is 1. The van der Waals surface area contributed by atoms with E-state index in [2.05, 4.69) is 92.8 Å². The Bertz CT molecular complexity index is 1210. The Labute approximate surface area is 347 Å². The van der Waals surface area contributed by atoms with Gasteiger partial charge in [-0.3, -0.25) is 18.6 Å². The number of unbranched alkanes of at least 4 members (excludes halogenated alkanes) is 13. The summed E-state index contributed by atoms with van der Waals surface area (Å²) in [7, 11) is -4.40. The average Bonchev–Trinajstić information content (AvgIpc) is 3.20. The summed E-state index contributed by atoms with van der Waals surface area (Å²) in [5.74, 6) is -0.947. The van der Waals surface area contributed by atoms with Gasteiger partial charge in [-0.1, -0.05) is 150 Å². The van der Waals surface area contributed by atoms with Gasteiger partial charge in [0.15, 0.2) is 6.10 Å². The van der Waals surface area contributed by atoms with Crippen molar-refractivity contribution in [2.45, 2.75) is 174 Å². The van der Waals surface area contributed by atoms with Crippen molar-refractivity contribution in [1.82, 2.24) is 0 Å². The molecule has 0 aliphatic carbocycles. The van der Waals surface area contributed by atoms with Crippen LogP contribution in [-0.4, -0.2) is 49.3 Å². The maximum absolute atomic E-state index is 12.6. The summed E-state index contributed by atoms with van der Waals surface area (Å²) in [5.41, 5.74) is 5.34. The van der Waals surface area contributed by atoms with Crippen molar-refractivity contribution in [2.75, 3.05) is 26.4 Å². The lowest BCUT2D eigenvalue weighted by Gasteiger charge is -2.19. The van der Waals surface area contributed by atoms with E-state index in [-0.39, 0.29) is 32.6 Å². The fourth-order valence-electron chi connectivity index (χ4n) is 5.46. The standard InChI is InChI=1S/C47H80NO8P/c1-3-5-7-9-11-13-15-17-19-20-21-22-23-24-26-27-29-31-33-35-37-39-46(49)53-43-45(44-55-57(51,52)54-42-41-48)56-47(50)40-38-36-34-32-30-28-25-18-16-14-12-10-8-6-4-2/h12,14,18-20,22-23,25-27,30-33,45H,3-11,13,15-17,21,24,28-29,34-44,48H2,1-2H3,(H,51,52)/b14-12+,20-19+,23-22+,25-18+,27-26+,32-30+,33-31+/t45-/m0/s1. The van der Waals surface area contributed by atoms with Crippen molar-refractivity contribution in [2.24, 2.45) is 5.73 Å². The van der Waals surface area contributed by atoms with Gasteiger partial charge in [0, 0.05) is 19.4 Å². The van der Waals surface area contributed by atoms with Crippen molar-refractivity contribution < 1.29 is 37.6 Å². The highest BCUT2D eigenvalue weighted by Crippen LogP contribution is 2.43. The minimum atomic E-state index is -4.40. The molecule has 2 atom stereocenters. The van der Waals surface area contributed by atoms with Crippen LogP contribution in [-0.2, 0) is 32.7 Å². The lowest BCUT2D eigenvalue weighted by atomic mass is 10.1. The van der Waals surface area contributed by atoms with Crippen molar-refractivity contribution in [3.05, 3.63) is 85.1 Å². The number of ether oxygens (including phenoxy) is 2. The Morgan fingerprint density at radius 3 is 1.44 bits per heavy atom. The Kier molecular flexibility index (Phi) is 40.7. The van der Waals surface area contributed by atoms with Crippen molar-refractivity contribution in [3.8, 4) is 0 Å². The molecule has 57 heavy (non-hydrogen) atoms. The number of phosphoric acid groups is 1. The van der Waals surface area contributed by atoms with Crippen LogP contribution in [0.25, 0.3) is 0 Å². The molecule has 0 aliphatic heterocycles. The second-order valence-corrected chi connectivity index (χ2v) is 15.7. The zero-order valence-electron chi connectivity index (χ0n) is 35.8. The second-order valence-electron chi connectivity index (χ2n) is 14.2. The van der Waals surface area contributed by atoms with Crippen molar-refractivity contribution in [3.63, 3.8) is 0 Å². The highest BCUT2D eigenvalue weighted by Gasteiger charge is 2.25. The number of carbonyl (C=O) groups is 2. The van der Waals surface area contributed by atoms with Gasteiger partial charge in [0.05, 0.1) is 13.2 Å². The predicted molar refractivity (Wildman–Crippen MR) is 238 cm³/mol. The molecule has 0 aromatic carbocycles. The van der Waals surface area contributed by atoms with Gasteiger partial charge in [-0.05, 0) is 89.9 Å². The lowest BCUT2D eigenvalue weighted by molar-refractivity contribution is -0.161. The Hall–Kier alpha value is -2.81. The van der Waals surface area contributed by atoms with Crippen LogP contribution in [0.3, 0.4) is 0 Å². The van der Waals surface area contributed by atoms with E-state index in [0.717, 1.165) is 57.8 Å². The first-order chi connectivity index (χ1) is 27.8. The Balaban J connectivity index is 4.31.